The van der Waals surface area contributed by atoms with Crippen LogP contribution >= 0.6 is 0 Å². The number of hydrogen-bond donors (Lipinski definition) is 2. The van der Waals surface area contributed by atoms with Crippen LogP contribution < -0.4 is 10.6 Å². The monoisotopic (exact) mass is 258 g/mol. The molecule has 2 N–H and O–H groups in total. The standard InChI is InChI=1S/C16H22N2O/c19-16(18-13-8-9-13)6-3-11-17-15-10-7-12-4-1-2-5-14(12)15/h1-2,4-5,13,15,17H,3,6-11H2,(H,18,19). The van der Waals surface area contributed by atoms with Gasteiger partial charge in [0, 0.05) is 18.5 Å². The van der Waals surface area contributed by atoms with Crippen LogP contribution in [0.2, 0.25) is 0 Å². The van der Waals surface area contributed by atoms with Gasteiger partial charge in [-0.3, -0.25) is 4.79 Å². The first-order valence-corrected chi connectivity index (χ1v) is 7.43. The van der Waals surface area contributed by atoms with Crippen LogP contribution in [0.25, 0.3) is 0 Å². The number of amides is 1. The number of carbonyl (C=O) groups is 1. The highest BCUT2D eigenvalue weighted by molar-refractivity contribution is 5.76. The van der Waals surface area contributed by atoms with E-state index in [1.54, 1.807) is 0 Å². The first kappa shape index (κ1) is 12.7. The number of fused-ring (bicyclic) bond motifs is 1. The Morgan fingerprint density at radius 3 is 2.89 bits per heavy atom. The average molecular weight is 258 g/mol. The molecule has 0 aromatic heterocycles. The van der Waals surface area contributed by atoms with Gasteiger partial charge in [0.25, 0.3) is 0 Å². The van der Waals surface area contributed by atoms with Crippen molar-refractivity contribution in [2.75, 3.05) is 6.54 Å². The minimum Gasteiger partial charge on any atom is -0.353 e. The van der Waals surface area contributed by atoms with Crippen LogP contribution in [0.15, 0.2) is 24.3 Å². The van der Waals surface area contributed by atoms with Gasteiger partial charge in [0.05, 0.1) is 0 Å². The van der Waals surface area contributed by atoms with Gasteiger partial charge in [-0.25, -0.2) is 0 Å². The van der Waals surface area contributed by atoms with Crippen LogP contribution in [0.3, 0.4) is 0 Å². The molecule has 2 aliphatic rings. The number of carbonyl (C=O) groups excluding carboxylic acids is 1. The molecular formula is C16H22N2O. The maximum absolute atomic E-state index is 11.5. The number of hydrogen-bond acceptors (Lipinski definition) is 2. The highest BCUT2D eigenvalue weighted by Crippen LogP contribution is 2.30. The molecule has 0 spiro atoms. The molecule has 0 radical (unpaired) electrons. The summed E-state index contributed by atoms with van der Waals surface area (Å²) in [4.78, 5) is 11.5. The van der Waals surface area contributed by atoms with E-state index >= 15 is 0 Å². The summed E-state index contributed by atoms with van der Waals surface area (Å²) in [5, 5.41) is 6.61. The lowest BCUT2D eigenvalue weighted by molar-refractivity contribution is -0.121. The third-order valence-electron chi connectivity index (χ3n) is 4.05. The largest absolute Gasteiger partial charge is 0.353 e. The molecule has 0 bridgehead atoms. The van der Waals surface area contributed by atoms with E-state index in [0.717, 1.165) is 13.0 Å². The van der Waals surface area contributed by atoms with Crippen molar-refractivity contribution in [2.24, 2.45) is 0 Å². The van der Waals surface area contributed by atoms with E-state index in [1.165, 1.54) is 36.8 Å². The van der Waals surface area contributed by atoms with Crippen molar-refractivity contribution in [2.45, 2.75) is 50.6 Å². The van der Waals surface area contributed by atoms with Crippen molar-refractivity contribution < 1.29 is 4.79 Å². The minimum absolute atomic E-state index is 0.219. The van der Waals surface area contributed by atoms with E-state index in [4.69, 9.17) is 0 Å². The minimum atomic E-state index is 0.219. The van der Waals surface area contributed by atoms with E-state index in [0.29, 0.717) is 18.5 Å². The number of aryl methyl sites for hydroxylation is 1. The summed E-state index contributed by atoms with van der Waals surface area (Å²) >= 11 is 0. The van der Waals surface area contributed by atoms with Gasteiger partial charge in [-0.1, -0.05) is 24.3 Å². The van der Waals surface area contributed by atoms with E-state index in [2.05, 4.69) is 34.9 Å². The second kappa shape index (κ2) is 5.74. The molecule has 1 saturated carbocycles. The van der Waals surface area contributed by atoms with Crippen LogP contribution in [-0.4, -0.2) is 18.5 Å². The van der Waals surface area contributed by atoms with E-state index in [9.17, 15) is 4.79 Å². The van der Waals surface area contributed by atoms with Crippen LogP contribution in [0.1, 0.15) is 49.3 Å². The van der Waals surface area contributed by atoms with E-state index in [1.807, 2.05) is 0 Å². The molecule has 0 saturated heterocycles. The summed E-state index contributed by atoms with van der Waals surface area (Å²) in [6.45, 7) is 0.928. The molecule has 1 atom stereocenters. The maximum atomic E-state index is 11.5. The zero-order valence-corrected chi connectivity index (χ0v) is 11.3. The van der Waals surface area contributed by atoms with Crippen molar-refractivity contribution in [3.05, 3.63) is 35.4 Å². The predicted molar refractivity (Wildman–Crippen MR) is 75.9 cm³/mol. The molecule has 0 aliphatic heterocycles. The quantitative estimate of drug-likeness (QED) is 0.769. The molecule has 1 fully saturated rings. The Morgan fingerprint density at radius 2 is 2.05 bits per heavy atom. The lowest BCUT2D eigenvalue weighted by atomic mass is 10.1. The van der Waals surface area contributed by atoms with E-state index < -0.39 is 0 Å². The molecule has 0 heterocycles. The van der Waals surface area contributed by atoms with Crippen LogP contribution in [0, 0.1) is 0 Å². The Morgan fingerprint density at radius 1 is 1.21 bits per heavy atom. The molecule has 1 amide bonds. The fraction of sp³-hybridized carbons (Fsp3) is 0.562. The van der Waals surface area contributed by atoms with Crippen molar-refractivity contribution in [3.63, 3.8) is 0 Å². The number of nitrogens with one attached hydrogen (secondary N) is 2. The maximum Gasteiger partial charge on any atom is 0.220 e. The predicted octanol–water partition coefficient (Wildman–Crippen LogP) is 2.32. The Labute approximate surface area is 114 Å². The van der Waals surface area contributed by atoms with E-state index in [-0.39, 0.29) is 5.91 Å². The topological polar surface area (TPSA) is 41.1 Å². The van der Waals surface area contributed by atoms with Gasteiger partial charge in [0.1, 0.15) is 0 Å². The van der Waals surface area contributed by atoms with Crippen molar-refractivity contribution >= 4 is 5.91 Å². The molecule has 3 nitrogen and oxygen atoms in total. The Bertz CT molecular complexity index is 454. The number of benzene rings is 1. The lowest BCUT2D eigenvalue weighted by Gasteiger charge is -2.13. The molecule has 2 aliphatic carbocycles. The van der Waals surface area contributed by atoms with Crippen molar-refractivity contribution in [3.8, 4) is 0 Å². The van der Waals surface area contributed by atoms with Crippen molar-refractivity contribution in [1.29, 1.82) is 0 Å². The summed E-state index contributed by atoms with van der Waals surface area (Å²) in [7, 11) is 0. The average Bonchev–Trinajstić information content (AvgIpc) is 3.14. The highest BCUT2D eigenvalue weighted by atomic mass is 16.1. The molecule has 1 unspecified atom stereocenters. The number of rotatable bonds is 6. The summed E-state index contributed by atoms with van der Waals surface area (Å²) in [6, 6.07) is 9.65. The molecule has 1 aromatic rings. The van der Waals surface area contributed by atoms with Crippen LogP contribution in [-0.2, 0) is 11.2 Å². The lowest BCUT2D eigenvalue weighted by Crippen LogP contribution is -2.27. The van der Waals surface area contributed by atoms with Gasteiger partial charge in [-0.15, -0.1) is 0 Å². The summed E-state index contributed by atoms with van der Waals surface area (Å²) in [6.07, 6.45) is 6.28. The van der Waals surface area contributed by atoms with Gasteiger partial charge in [0.2, 0.25) is 5.91 Å². The first-order chi connectivity index (χ1) is 9.33. The Balaban J connectivity index is 1.37. The Hall–Kier alpha value is -1.35. The van der Waals surface area contributed by atoms with Gasteiger partial charge >= 0.3 is 0 Å². The zero-order valence-electron chi connectivity index (χ0n) is 11.3. The second-order valence-corrected chi connectivity index (χ2v) is 5.69. The SMILES string of the molecule is O=C(CCCNC1CCc2ccccc21)NC1CC1. The fourth-order valence-electron chi connectivity index (χ4n) is 2.82. The van der Waals surface area contributed by atoms with Crippen LogP contribution in [0.4, 0.5) is 0 Å². The van der Waals surface area contributed by atoms with Crippen LogP contribution in [0.5, 0.6) is 0 Å². The van der Waals surface area contributed by atoms with Gasteiger partial charge in [0.15, 0.2) is 0 Å². The molecule has 19 heavy (non-hydrogen) atoms. The normalized spacial score (nSPS) is 21.2. The third kappa shape index (κ3) is 3.35. The zero-order chi connectivity index (χ0) is 13.1. The summed E-state index contributed by atoms with van der Waals surface area (Å²) in [5.41, 5.74) is 2.93. The molecular weight excluding hydrogens is 236 g/mol. The second-order valence-electron chi connectivity index (χ2n) is 5.69. The smallest absolute Gasteiger partial charge is 0.220 e. The molecule has 3 rings (SSSR count). The fourth-order valence-corrected chi connectivity index (χ4v) is 2.82. The highest BCUT2D eigenvalue weighted by Gasteiger charge is 2.23. The molecule has 102 valence electrons. The van der Waals surface area contributed by atoms with Gasteiger partial charge in [-0.2, -0.15) is 0 Å². The van der Waals surface area contributed by atoms with Gasteiger partial charge in [-0.05, 0) is 49.8 Å². The summed E-state index contributed by atoms with van der Waals surface area (Å²) in [5.74, 6) is 0.219. The molecule has 1 aromatic carbocycles. The van der Waals surface area contributed by atoms with Gasteiger partial charge < -0.3 is 10.6 Å². The molecule has 3 heteroatoms. The summed E-state index contributed by atoms with van der Waals surface area (Å²) < 4.78 is 0. The first-order valence-electron chi connectivity index (χ1n) is 7.43. The van der Waals surface area contributed by atoms with Crippen molar-refractivity contribution in [1.82, 2.24) is 10.6 Å². The Kier molecular flexibility index (Phi) is 3.83. The third-order valence-corrected chi connectivity index (χ3v) is 4.05.